The molecule has 0 saturated carbocycles. The quantitative estimate of drug-likeness (QED) is 0.164. The molecule has 0 aromatic heterocycles. The van der Waals surface area contributed by atoms with Crippen molar-refractivity contribution in [3.63, 3.8) is 0 Å². The minimum absolute atomic E-state index is 0.0992. The zero-order valence-corrected chi connectivity index (χ0v) is 28.1. The molecule has 0 aliphatic carbocycles. The van der Waals surface area contributed by atoms with Crippen molar-refractivity contribution in [3.05, 3.63) is 130 Å². The van der Waals surface area contributed by atoms with Crippen molar-refractivity contribution in [2.75, 3.05) is 17.4 Å². The molecule has 2 amide bonds. The first-order chi connectivity index (χ1) is 21.9. The summed E-state index contributed by atoms with van der Waals surface area (Å²) in [5, 5.41) is 3.50. The van der Waals surface area contributed by atoms with Crippen LogP contribution in [0.5, 0.6) is 0 Å². The number of hydrogen-bond donors (Lipinski definition) is 1. The average Bonchev–Trinajstić information content (AvgIpc) is 3.03. The van der Waals surface area contributed by atoms with Crippen LogP contribution in [0, 0.1) is 18.7 Å². The second-order valence-corrected chi connectivity index (χ2v) is 14.1. The Morgan fingerprint density at radius 3 is 2.13 bits per heavy atom. The van der Waals surface area contributed by atoms with Crippen molar-refractivity contribution < 1.29 is 22.4 Å². The molecule has 1 N–H and O–H groups in total. The number of para-hydroxylation sites is 1. The molecule has 4 rings (SSSR count). The molecule has 0 fully saturated rings. The number of rotatable bonds is 13. The predicted octanol–water partition coefficient (Wildman–Crippen LogP) is 7.05. The van der Waals surface area contributed by atoms with Gasteiger partial charge in [-0.3, -0.25) is 13.9 Å². The minimum atomic E-state index is -4.43. The van der Waals surface area contributed by atoms with Gasteiger partial charge in [0.25, 0.3) is 10.0 Å². The van der Waals surface area contributed by atoms with Crippen LogP contribution in [0.2, 0.25) is 10.0 Å². The van der Waals surface area contributed by atoms with Gasteiger partial charge in [-0.2, -0.15) is 0 Å². The maximum Gasteiger partial charge on any atom is 0.264 e. The molecule has 0 bridgehead atoms. The van der Waals surface area contributed by atoms with Crippen molar-refractivity contribution in [1.29, 1.82) is 0 Å². The summed E-state index contributed by atoms with van der Waals surface area (Å²) < 4.78 is 44.1. The predicted molar refractivity (Wildman–Crippen MR) is 181 cm³/mol. The standard InChI is InChI=1S/C35H36Cl2FN3O4S/c1-24(2)21-39-35(43)33(20-26-9-5-4-6-10-26)40(22-27-15-18-29(36)30(37)19-27)34(42)23-41(32-12-8-7-11-31(32)38)46(44,45)28-16-13-25(3)14-17-28/h4-19,24,33H,20-23H2,1-3H3,(H,39,43)/t33-/m1/s1. The lowest BCUT2D eigenvalue weighted by Gasteiger charge is -2.34. The van der Waals surface area contributed by atoms with Gasteiger partial charge in [0.15, 0.2) is 0 Å². The van der Waals surface area contributed by atoms with Crippen molar-refractivity contribution in [2.45, 2.75) is 44.7 Å². The number of hydrogen-bond acceptors (Lipinski definition) is 4. The number of benzene rings is 4. The maximum atomic E-state index is 15.3. The second kappa shape index (κ2) is 15.6. The molecule has 4 aromatic rings. The van der Waals surface area contributed by atoms with E-state index in [1.807, 2.05) is 51.1 Å². The fourth-order valence-electron chi connectivity index (χ4n) is 4.82. The van der Waals surface area contributed by atoms with E-state index in [9.17, 15) is 18.0 Å². The molecule has 46 heavy (non-hydrogen) atoms. The zero-order valence-electron chi connectivity index (χ0n) is 25.8. The fourth-order valence-corrected chi connectivity index (χ4v) is 6.56. The monoisotopic (exact) mass is 683 g/mol. The van der Waals surface area contributed by atoms with Crippen LogP contribution in [0.1, 0.15) is 30.5 Å². The molecule has 0 aliphatic rings. The topological polar surface area (TPSA) is 86.8 Å². The van der Waals surface area contributed by atoms with Gasteiger partial charge in [0.2, 0.25) is 11.8 Å². The Hall–Kier alpha value is -3.92. The van der Waals surface area contributed by atoms with E-state index < -0.39 is 40.2 Å². The molecule has 0 saturated heterocycles. The number of amides is 2. The van der Waals surface area contributed by atoms with Crippen LogP contribution in [-0.2, 0) is 32.6 Å². The molecule has 0 aliphatic heterocycles. The number of carbonyl (C=O) groups excluding carboxylic acids is 2. The number of anilines is 1. The lowest BCUT2D eigenvalue weighted by molar-refractivity contribution is -0.140. The molecule has 7 nitrogen and oxygen atoms in total. The largest absolute Gasteiger partial charge is 0.354 e. The first-order valence-corrected chi connectivity index (χ1v) is 17.0. The summed E-state index contributed by atoms with van der Waals surface area (Å²) >= 11 is 12.5. The summed E-state index contributed by atoms with van der Waals surface area (Å²) in [5.41, 5.74) is 1.89. The van der Waals surface area contributed by atoms with Gasteiger partial charge < -0.3 is 10.2 Å². The van der Waals surface area contributed by atoms with Crippen LogP contribution in [-0.4, -0.2) is 44.3 Å². The Morgan fingerprint density at radius 2 is 1.50 bits per heavy atom. The summed E-state index contributed by atoms with van der Waals surface area (Å²) in [7, 11) is -4.43. The molecule has 242 valence electrons. The van der Waals surface area contributed by atoms with E-state index in [0.29, 0.717) is 17.1 Å². The third kappa shape index (κ3) is 8.87. The number of nitrogens with zero attached hydrogens (tertiary/aromatic N) is 2. The highest BCUT2D eigenvalue weighted by atomic mass is 35.5. The van der Waals surface area contributed by atoms with Gasteiger partial charge >= 0.3 is 0 Å². The van der Waals surface area contributed by atoms with Gasteiger partial charge in [0.05, 0.1) is 20.6 Å². The van der Waals surface area contributed by atoms with Crippen LogP contribution in [0.25, 0.3) is 0 Å². The van der Waals surface area contributed by atoms with Gasteiger partial charge in [0, 0.05) is 19.5 Å². The molecule has 4 aromatic carbocycles. The number of sulfonamides is 1. The Labute approximate surface area is 280 Å². The van der Waals surface area contributed by atoms with Gasteiger partial charge in [-0.25, -0.2) is 12.8 Å². The zero-order chi connectivity index (χ0) is 33.4. The normalized spacial score (nSPS) is 12.1. The maximum absolute atomic E-state index is 15.3. The summed E-state index contributed by atoms with van der Waals surface area (Å²) in [4.78, 5) is 29.5. The summed E-state index contributed by atoms with van der Waals surface area (Å²) in [6.07, 6.45) is 0.141. The Balaban J connectivity index is 1.82. The molecule has 0 radical (unpaired) electrons. The summed E-state index contributed by atoms with van der Waals surface area (Å²) in [5.74, 6) is -1.82. The lowest BCUT2D eigenvalue weighted by Crippen LogP contribution is -2.53. The van der Waals surface area contributed by atoms with E-state index in [1.54, 1.807) is 30.3 Å². The van der Waals surface area contributed by atoms with E-state index in [1.165, 1.54) is 35.2 Å². The summed E-state index contributed by atoms with van der Waals surface area (Å²) in [6, 6.07) is 24.4. The minimum Gasteiger partial charge on any atom is -0.354 e. The van der Waals surface area contributed by atoms with Crippen LogP contribution in [0.3, 0.4) is 0 Å². The molecule has 11 heteroatoms. The fraction of sp³-hybridized carbons (Fsp3) is 0.257. The van der Waals surface area contributed by atoms with E-state index in [-0.39, 0.29) is 34.5 Å². The number of carbonyl (C=O) groups is 2. The molecular formula is C35H36Cl2FN3O4S. The van der Waals surface area contributed by atoms with Crippen LogP contribution in [0.4, 0.5) is 10.1 Å². The van der Waals surface area contributed by atoms with E-state index in [4.69, 9.17) is 23.2 Å². The highest BCUT2D eigenvalue weighted by Crippen LogP contribution is 2.28. The summed E-state index contributed by atoms with van der Waals surface area (Å²) in [6.45, 7) is 5.20. The van der Waals surface area contributed by atoms with Crippen molar-refractivity contribution in [3.8, 4) is 0 Å². The van der Waals surface area contributed by atoms with Crippen molar-refractivity contribution in [1.82, 2.24) is 10.2 Å². The van der Waals surface area contributed by atoms with Crippen molar-refractivity contribution >= 4 is 50.7 Å². The molecule has 0 spiro atoms. The van der Waals surface area contributed by atoms with Crippen LogP contribution >= 0.6 is 23.2 Å². The van der Waals surface area contributed by atoms with Gasteiger partial charge in [-0.1, -0.05) is 103 Å². The Kier molecular flexibility index (Phi) is 11.8. The number of nitrogens with one attached hydrogen (secondary N) is 1. The van der Waals surface area contributed by atoms with Gasteiger partial charge in [-0.15, -0.1) is 0 Å². The Bertz CT molecular complexity index is 1770. The number of aryl methyl sites for hydroxylation is 1. The molecule has 1 atom stereocenters. The van der Waals surface area contributed by atoms with Crippen LogP contribution in [0.15, 0.2) is 102 Å². The average molecular weight is 685 g/mol. The van der Waals surface area contributed by atoms with E-state index >= 15 is 4.39 Å². The number of halogens is 3. The molecular weight excluding hydrogens is 648 g/mol. The molecule has 0 unspecified atom stereocenters. The lowest BCUT2D eigenvalue weighted by atomic mass is 10.0. The van der Waals surface area contributed by atoms with E-state index in [2.05, 4.69) is 5.32 Å². The van der Waals surface area contributed by atoms with Gasteiger partial charge in [-0.05, 0) is 60.4 Å². The SMILES string of the molecule is Cc1ccc(S(=O)(=O)N(CC(=O)N(Cc2ccc(Cl)c(Cl)c2)[C@H](Cc2ccccc2)C(=O)NCC(C)C)c2ccccc2F)cc1. The first kappa shape index (κ1) is 34.9. The Morgan fingerprint density at radius 1 is 0.848 bits per heavy atom. The smallest absolute Gasteiger partial charge is 0.264 e. The second-order valence-electron chi connectivity index (χ2n) is 11.4. The van der Waals surface area contributed by atoms with E-state index in [0.717, 1.165) is 21.5 Å². The van der Waals surface area contributed by atoms with Gasteiger partial charge in [0.1, 0.15) is 18.4 Å². The van der Waals surface area contributed by atoms with Crippen molar-refractivity contribution in [2.24, 2.45) is 5.92 Å². The highest BCUT2D eigenvalue weighted by molar-refractivity contribution is 7.92. The third-order valence-electron chi connectivity index (χ3n) is 7.30. The third-order valence-corrected chi connectivity index (χ3v) is 9.81. The molecule has 0 heterocycles. The first-order valence-electron chi connectivity index (χ1n) is 14.8. The van der Waals surface area contributed by atoms with Crippen LogP contribution < -0.4 is 9.62 Å². The highest BCUT2D eigenvalue weighted by Gasteiger charge is 2.35.